The molecule has 5 nitrogen and oxygen atoms in total. The van der Waals surface area contributed by atoms with Gasteiger partial charge in [-0.25, -0.2) is 0 Å². The Balaban J connectivity index is 1.89. The molecule has 0 atom stereocenters. The highest BCUT2D eigenvalue weighted by Crippen LogP contribution is 2.25. The van der Waals surface area contributed by atoms with Crippen molar-refractivity contribution >= 4 is 38.7 Å². The summed E-state index contributed by atoms with van der Waals surface area (Å²) in [7, 11) is 0. The van der Waals surface area contributed by atoms with Gasteiger partial charge in [-0.3, -0.25) is 9.59 Å². The second kappa shape index (κ2) is 11.8. The van der Waals surface area contributed by atoms with Crippen molar-refractivity contribution in [2.45, 2.75) is 59.0 Å². The Bertz CT molecular complexity index is 842. The van der Waals surface area contributed by atoms with Crippen LogP contribution in [0, 0.1) is 5.92 Å². The lowest BCUT2D eigenvalue weighted by Crippen LogP contribution is -2.19. The molecule has 2 aromatic rings. The fourth-order valence-electron chi connectivity index (χ4n) is 3.22. The molecule has 158 valence electrons. The molecular formula is C23H31BrN2O3. The largest absolute Gasteiger partial charge is 0.466 e. The van der Waals surface area contributed by atoms with Crippen LogP contribution >= 0.6 is 15.9 Å². The van der Waals surface area contributed by atoms with E-state index in [4.69, 9.17) is 4.74 Å². The third kappa shape index (κ3) is 7.69. The van der Waals surface area contributed by atoms with E-state index in [0.717, 1.165) is 39.7 Å². The Hall–Kier alpha value is -2.08. The summed E-state index contributed by atoms with van der Waals surface area (Å²) in [4.78, 5) is 23.6. The van der Waals surface area contributed by atoms with E-state index in [0.29, 0.717) is 26.1 Å². The summed E-state index contributed by atoms with van der Waals surface area (Å²) in [6, 6.07) is 6.01. The minimum Gasteiger partial charge on any atom is -0.466 e. The molecule has 6 heteroatoms. The number of hydrogen-bond acceptors (Lipinski definition) is 3. The van der Waals surface area contributed by atoms with Crippen LogP contribution in [0.4, 0.5) is 0 Å². The van der Waals surface area contributed by atoms with Crippen molar-refractivity contribution in [1.82, 2.24) is 9.88 Å². The maximum atomic E-state index is 12.1. The topological polar surface area (TPSA) is 60.3 Å². The molecule has 0 aliphatic carbocycles. The van der Waals surface area contributed by atoms with Crippen LogP contribution in [0.2, 0.25) is 0 Å². The zero-order valence-corrected chi connectivity index (χ0v) is 19.0. The summed E-state index contributed by atoms with van der Waals surface area (Å²) in [5, 5.41) is 3.86. The van der Waals surface area contributed by atoms with Gasteiger partial charge in [0.2, 0.25) is 5.91 Å². The number of carbonyl (C=O) groups excluding carboxylic acids is 2. The maximum Gasteiger partial charge on any atom is 0.307 e. The van der Waals surface area contributed by atoms with E-state index in [1.807, 2.05) is 29.0 Å². The number of halogens is 1. The molecule has 0 saturated heterocycles. The highest BCUT2D eigenvalue weighted by atomic mass is 79.9. The maximum absolute atomic E-state index is 12.1. The van der Waals surface area contributed by atoms with Crippen LogP contribution in [-0.4, -0.2) is 23.1 Å². The molecule has 0 fully saturated rings. The first kappa shape index (κ1) is 23.2. The van der Waals surface area contributed by atoms with Gasteiger partial charge in [-0.2, -0.15) is 0 Å². The standard InChI is InChI=1S/C23H31BrN2O3/c1-4-22(27)25-15-18-16-26(21-10-9-19(24)14-20(18)21)12-11-23(28)29-13-7-5-6-8-17(2)3/h4,9-10,14,16-17H,1,5-8,11-13,15H2,2-3H3,(H,25,27). The second-order valence-electron chi connectivity index (χ2n) is 7.64. The molecule has 0 saturated carbocycles. The van der Waals surface area contributed by atoms with Crippen molar-refractivity contribution in [3.63, 3.8) is 0 Å². The number of unbranched alkanes of at least 4 members (excludes halogenated alkanes) is 2. The van der Waals surface area contributed by atoms with E-state index in [1.54, 1.807) is 0 Å². The van der Waals surface area contributed by atoms with Crippen LogP contribution in [0.15, 0.2) is 41.5 Å². The summed E-state index contributed by atoms with van der Waals surface area (Å²) >= 11 is 3.50. The van der Waals surface area contributed by atoms with Crippen molar-refractivity contribution in [2.75, 3.05) is 6.61 Å². The fourth-order valence-corrected chi connectivity index (χ4v) is 3.59. The average molecular weight is 463 g/mol. The number of rotatable bonds is 12. The molecule has 29 heavy (non-hydrogen) atoms. The lowest BCUT2D eigenvalue weighted by atomic mass is 10.1. The third-order valence-corrected chi connectivity index (χ3v) is 5.30. The van der Waals surface area contributed by atoms with E-state index in [9.17, 15) is 9.59 Å². The fraction of sp³-hybridized carbons (Fsp3) is 0.478. The smallest absolute Gasteiger partial charge is 0.307 e. The lowest BCUT2D eigenvalue weighted by molar-refractivity contribution is -0.144. The Kier molecular flexibility index (Phi) is 9.45. The summed E-state index contributed by atoms with van der Waals surface area (Å²) in [6.07, 6.45) is 8.00. The predicted octanol–water partition coefficient (Wildman–Crippen LogP) is 5.36. The molecule has 0 bridgehead atoms. The van der Waals surface area contributed by atoms with Crippen LogP contribution in [0.25, 0.3) is 10.9 Å². The molecule has 1 aromatic heterocycles. The molecule has 0 radical (unpaired) electrons. The average Bonchev–Trinajstić information content (AvgIpc) is 3.03. The second-order valence-corrected chi connectivity index (χ2v) is 8.56. The Labute approximate surface area is 181 Å². The van der Waals surface area contributed by atoms with E-state index >= 15 is 0 Å². The lowest BCUT2D eigenvalue weighted by Gasteiger charge is -2.07. The number of ether oxygens (including phenoxy) is 1. The first-order chi connectivity index (χ1) is 13.9. The quantitative estimate of drug-likeness (QED) is 0.262. The van der Waals surface area contributed by atoms with Gasteiger partial charge >= 0.3 is 5.97 Å². The van der Waals surface area contributed by atoms with Crippen LogP contribution in [-0.2, 0) is 27.4 Å². The van der Waals surface area contributed by atoms with Gasteiger partial charge in [-0.1, -0.05) is 55.6 Å². The number of hydrogen-bond donors (Lipinski definition) is 1. The van der Waals surface area contributed by atoms with Crippen LogP contribution < -0.4 is 5.32 Å². The molecule has 1 amide bonds. The first-order valence-corrected chi connectivity index (χ1v) is 11.0. The number of amides is 1. The minimum atomic E-state index is -0.210. The zero-order valence-electron chi connectivity index (χ0n) is 17.4. The van der Waals surface area contributed by atoms with Gasteiger partial charge in [-0.05, 0) is 42.2 Å². The van der Waals surface area contributed by atoms with Crippen molar-refractivity contribution in [3.8, 4) is 0 Å². The predicted molar refractivity (Wildman–Crippen MR) is 121 cm³/mol. The number of carbonyl (C=O) groups is 2. The van der Waals surface area contributed by atoms with E-state index < -0.39 is 0 Å². The van der Waals surface area contributed by atoms with Crippen LogP contribution in [0.3, 0.4) is 0 Å². The molecule has 0 aliphatic heterocycles. The number of benzene rings is 1. The first-order valence-electron chi connectivity index (χ1n) is 10.2. The molecule has 0 spiro atoms. The Morgan fingerprint density at radius 1 is 1.28 bits per heavy atom. The number of aryl methyl sites for hydroxylation is 1. The van der Waals surface area contributed by atoms with Gasteiger partial charge in [0, 0.05) is 34.7 Å². The highest BCUT2D eigenvalue weighted by molar-refractivity contribution is 9.10. The van der Waals surface area contributed by atoms with Gasteiger partial charge in [0.15, 0.2) is 0 Å². The number of nitrogens with zero attached hydrogens (tertiary/aromatic N) is 1. The normalized spacial score (nSPS) is 11.0. The van der Waals surface area contributed by atoms with Gasteiger partial charge in [0.1, 0.15) is 0 Å². The van der Waals surface area contributed by atoms with Crippen LogP contribution in [0.1, 0.15) is 51.5 Å². The summed E-state index contributed by atoms with van der Waals surface area (Å²) < 4.78 is 8.39. The molecular weight excluding hydrogens is 432 g/mol. The van der Waals surface area contributed by atoms with Crippen molar-refractivity contribution in [1.29, 1.82) is 0 Å². The molecule has 0 unspecified atom stereocenters. The minimum absolute atomic E-state index is 0.172. The van der Waals surface area contributed by atoms with E-state index in [2.05, 4.69) is 41.7 Å². The van der Waals surface area contributed by atoms with E-state index in [-0.39, 0.29) is 11.9 Å². The number of esters is 1. The van der Waals surface area contributed by atoms with Crippen molar-refractivity contribution in [2.24, 2.45) is 5.92 Å². The van der Waals surface area contributed by atoms with Crippen LogP contribution in [0.5, 0.6) is 0 Å². The monoisotopic (exact) mass is 462 g/mol. The number of aromatic nitrogens is 1. The van der Waals surface area contributed by atoms with Gasteiger partial charge < -0.3 is 14.6 Å². The molecule has 1 aromatic carbocycles. The van der Waals surface area contributed by atoms with Gasteiger partial charge in [0.05, 0.1) is 13.0 Å². The van der Waals surface area contributed by atoms with Crippen molar-refractivity contribution in [3.05, 3.63) is 47.1 Å². The molecule has 2 rings (SSSR count). The summed E-state index contributed by atoms with van der Waals surface area (Å²) in [5.74, 6) is 0.344. The van der Waals surface area contributed by atoms with Gasteiger partial charge in [0.25, 0.3) is 0 Å². The molecule has 0 aliphatic rings. The highest BCUT2D eigenvalue weighted by Gasteiger charge is 2.11. The number of nitrogens with one attached hydrogen (secondary N) is 1. The zero-order chi connectivity index (χ0) is 21.2. The number of fused-ring (bicyclic) bond motifs is 1. The Morgan fingerprint density at radius 2 is 2.07 bits per heavy atom. The molecule has 1 heterocycles. The van der Waals surface area contributed by atoms with Crippen molar-refractivity contribution < 1.29 is 14.3 Å². The Morgan fingerprint density at radius 3 is 2.79 bits per heavy atom. The summed E-state index contributed by atoms with van der Waals surface area (Å²) in [5.41, 5.74) is 2.02. The van der Waals surface area contributed by atoms with E-state index in [1.165, 1.54) is 18.9 Å². The summed E-state index contributed by atoms with van der Waals surface area (Å²) in [6.45, 7) is 9.37. The SMILES string of the molecule is C=CC(=O)NCc1cn(CCC(=O)OCCCCCC(C)C)c2ccc(Br)cc12. The third-order valence-electron chi connectivity index (χ3n) is 4.81. The van der Waals surface area contributed by atoms with Gasteiger partial charge in [-0.15, -0.1) is 0 Å². The molecule has 1 N–H and O–H groups in total.